The monoisotopic (exact) mass is 333 g/mol. The number of rotatable bonds is 4. The van der Waals surface area contributed by atoms with Gasteiger partial charge in [-0.3, -0.25) is 4.52 Å². The lowest BCUT2D eigenvalue weighted by atomic mass is 9.80. The lowest BCUT2D eigenvalue weighted by Gasteiger charge is -2.52. The number of phosphoric acid groups is 2. The van der Waals surface area contributed by atoms with Crippen LogP contribution in [0.4, 0.5) is 0 Å². The Morgan fingerprint density at radius 2 is 1.35 bits per heavy atom. The molecular weight excluding hydrogens is 312 g/mol. The molecule has 20 heavy (non-hydrogen) atoms. The molecule has 0 spiro atoms. The summed E-state index contributed by atoms with van der Waals surface area (Å²) in [5, 5.41) is 1.18. The Morgan fingerprint density at radius 3 is 1.65 bits per heavy atom. The predicted octanol–water partition coefficient (Wildman–Crippen LogP) is 1.14. The van der Waals surface area contributed by atoms with Gasteiger partial charge in [0.15, 0.2) is 0 Å². The molecule has 1 fully saturated rings. The van der Waals surface area contributed by atoms with Gasteiger partial charge in [-0.15, -0.1) is 0 Å². The Morgan fingerprint density at radius 1 is 0.950 bits per heavy atom. The van der Waals surface area contributed by atoms with Crippen molar-refractivity contribution in [3.05, 3.63) is 0 Å². The van der Waals surface area contributed by atoms with Crippen LogP contribution in [0.2, 0.25) is 0 Å². The maximum absolute atomic E-state index is 11.1. The molecule has 4 N–H and O–H groups in total. The predicted molar refractivity (Wildman–Crippen MR) is 69.3 cm³/mol. The van der Waals surface area contributed by atoms with Gasteiger partial charge in [-0.25, -0.2) is 9.13 Å². The molecule has 1 heterocycles. The standard InChI is InChI=1S/C9H21NO8P2/c1-8(2)5-7(17-19(11,12)13)6-9(3,4)10(8)18-20(14,15)16/h7H,5-6H2,1-4H3,(H2,11,12,13)(H2,14,15,16). The van der Waals surface area contributed by atoms with Crippen molar-refractivity contribution in [1.82, 2.24) is 5.06 Å². The summed E-state index contributed by atoms with van der Waals surface area (Å²) in [6, 6.07) is 0. The fourth-order valence-corrected chi connectivity index (χ4v) is 3.96. The summed E-state index contributed by atoms with van der Waals surface area (Å²) in [5.74, 6) is 0. The van der Waals surface area contributed by atoms with Crippen LogP contribution in [-0.4, -0.2) is 41.8 Å². The fraction of sp³-hybridized carbons (Fsp3) is 1.00. The van der Waals surface area contributed by atoms with Crippen molar-refractivity contribution in [3.63, 3.8) is 0 Å². The van der Waals surface area contributed by atoms with Crippen LogP contribution in [0.25, 0.3) is 0 Å². The van der Waals surface area contributed by atoms with Gasteiger partial charge in [-0.1, -0.05) is 0 Å². The highest BCUT2D eigenvalue weighted by Crippen LogP contribution is 2.50. The van der Waals surface area contributed by atoms with E-state index >= 15 is 0 Å². The fourth-order valence-electron chi connectivity index (χ4n) is 2.77. The third-order valence-corrected chi connectivity index (χ3v) is 3.98. The van der Waals surface area contributed by atoms with E-state index in [1.807, 2.05) is 0 Å². The van der Waals surface area contributed by atoms with Crippen molar-refractivity contribution in [2.45, 2.75) is 57.7 Å². The van der Waals surface area contributed by atoms with Gasteiger partial charge in [-0.05, 0) is 40.5 Å². The maximum atomic E-state index is 11.1. The van der Waals surface area contributed by atoms with Gasteiger partial charge >= 0.3 is 15.6 Å². The minimum Gasteiger partial charge on any atom is -0.303 e. The summed E-state index contributed by atoms with van der Waals surface area (Å²) in [4.78, 5) is 35.7. The van der Waals surface area contributed by atoms with Gasteiger partial charge in [-0.2, -0.15) is 9.69 Å². The molecule has 120 valence electrons. The van der Waals surface area contributed by atoms with Gasteiger partial charge in [0.25, 0.3) is 0 Å². The van der Waals surface area contributed by atoms with Crippen molar-refractivity contribution in [3.8, 4) is 0 Å². The van der Waals surface area contributed by atoms with Crippen LogP contribution < -0.4 is 0 Å². The number of hydrogen-bond acceptors (Lipinski definition) is 5. The minimum absolute atomic E-state index is 0.154. The average molecular weight is 333 g/mol. The van der Waals surface area contributed by atoms with Crippen LogP contribution >= 0.6 is 15.6 Å². The molecule has 1 aliphatic rings. The first-order valence-electron chi connectivity index (χ1n) is 5.92. The lowest BCUT2D eigenvalue weighted by molar-refractivity contribution is -0.242. The molecule has 0 aromatic carbocycles. The van der Waals surface area contributed by atoms with Crippen LogP contribution in [0.3, 0.4) is 0 Å². The molecule has 9 nitrogen and oxygen atoms in total. The molecule has 11 heteroatoms. The summed E-state index contributed by atoms with van der Waals surface area (Å²) in [6.07, 6.45) is -0.430. The second-order valence-electron chi connectivity index (χ2n) is 6.12. The third-order valence-electron chi connectivity index (χ3n) is 3.03. The smallest absolute Gasteiger partial charge is 0.303 e. The molecule has 0 aromatic rings. The summed E-state index contributed by atoms with van der Waals surface area (Å²) in [5.41, 5.74) is -1.74. The molecule has 0 aliphatic carbocycles. The van der Waals surface area contributed by atoms with Crippen LogP contribution in [0.15, 0.2) is 0 Å². The third kappa shape index (κ3) is 5.18. The van der Waals surface area contributed by atoms with E-state index in [9.17, 15) is 9.13 Å². The Bertz CT molecular complexity index is 435. The van der Waals surface area contributed by atoms with Crippen molar-refractivity contribution in [2.75, 3.05) is 0 Å². The first-order valence-corrected chi connectivity index (χ1v) is 8.98. The Kier molecular flexibility index (Phi) is 4.95. The number of hydroxylamine groups is 2. The van der Waals surface area contributed by atoms with Crippen LogP contribution in [0.5, 0.6) is 0 Å². The lowest BCUT2D eigenvalue weighted by Crippen LogP contribution is -2.61. The Balaban J connectivity index is 2.98. The van der Waals surface area contributed by atoms with Crippen LogP contribution in [0, 0.1) is 0 Å². The van der Waals surface area contributed by atoms with Crippen LogP contribution in [0.1, 0.15) is 40.5 Å². The summed E-state index contributed by atoms with van der Waals surface area (Å²) in [6.45, 7) is 6.61. The molecule has 0 unspecified atom stereocenters. The second kappa shape index (κ2) is 5.43. The molecule has 0 saturated carbocycles. The van der Waals surface area contributed by atoms with Crippen molar-refractivity contribution in [2.24, 2.45) is 0 Å². The summed E-state index contributed by atoms with van der Waals surface area (Å²) < 4.78 is 31.5. The van der Waals surface area contributed by atoms with Gasteiger partial charge in [0.05, 0.1) is 6.10 Å². The SMILES string of the molecule is CC1(C)CC(OP(=O)(O)O)CC(C)(C)N1OP(=O)(O)O. The number of hydrogen-bond donors (Lipinski definition) is 4. The summed E-state index contributed by atoms with van der Waals surface area (Å²) >= 11 is 0. The van der Waals surface area contributed by atoms with Gasteiger partial charge < -0.3 is 19.6 Å². The molecule has 1 saturated heterocycles. The van der Waals surface area contributed by atoms with E-state index in [0.717, 1.165) is 0 Å². The van der Waals surface area contributed by atoms with Crippen molar-refractivity contribution in [1.29, 1.82) is 0 Å². The zero-order chi connectivity index (χ0) is 16.0. The Hall–Kier alpha value is 0.180. The summed E-state index contributed by atoms with van der Waals surface area (Å²) in [7, 11) is -9.34. The van der Waals surface area contributed by atoms with E-state index in [1.54, 1.807) is 27.7 Å². The zero-order valence-electron chi connectivity index (χ0n) is 11.8. The van der Waals surface area contributed by atoms with E-state index in [0.29, 0.717) is 0 Å². The molecular formula is C9H21NO8P2. The molecule has 0 amide bonds. The highest BCUT2D eigenvalue weighted by molar-refractivity contribution is 7.46. The van der Waals surface area contributed by atoms with Gasteiger partial charge in [0.1, 0.15) is 0 Å². The number of piperidine rings is 1. The topological polar surface area (TPSA) is 137 Å². The largest absolute Gasteiger partial charge is 0.486 e. The van der Waals surface area contributed by atoms with Gasteiger partial charge in [0, 0.05) is 11.1 Å². The van der Waals surface area contributed by atoms with E-state index in [-0.39, 0.29) is 12.8 Å². The average Bonchev–Trinajstić information content (AvgIpc) is 2.05. The molecule has 1 aliphatic heterocycles. The Labute approximate surface area is 117 Å². The van der Waals surface area contributed by atoms with Crippen LogP contribution in [-0.2, 0) is 18.3 Å². The quantitative estimate of drug-likeness (QED) is 0.558. The normalized spacial score (nSPS) is 24.8. The highest BCUT2D eigenvalue weighted by Gasteiger charge is 2.50. The number of phosphoric ester groups is 1. The van der Waals surface area contributed by atoms with E-state index < -0.39 is 32.8 Å². The second-order valence-corrected chi connectivity index (χ2v) is 8.45. The molecule has 0 radical (unpaired) electrons. The molecule has 1 rings (SSSR count). The molecule has 0 atom stereocenters. The maximum Gasteiger partial charge on any atom is 0.486 e. The van der Waals surface area contributed by atoms with E-state index in [2.05, 4.69) is 0 Å². The van der Waals surface area contributed by atoms with E-state index in [1.165, 1.54) is 5.06 Å². The van der Waals surface area contributed by atoms with E-state index in [4.69, 9.17) is 28.7 Å². The van der Waals surface area contributed by atoms with Crippen molar-refractivity contribution < 1.29 is 37.9 Å². The number of nitrogens with zero attached hydrogens (tertiary/aromatic N) is 1. The zero-order valence-corrected chi connectivity index (χ0v) is 13.5. The minimum atomic E-state index is -4.72. The molecule has 0 aromatic heterocycles. The highest BCUT2D eigenvalue weighted by atomic mass is 31.2. The first kappa shape index (κ1) is 18.2. The van der Waals surface area contributed by atoms with Gasteiger partial charge in [0.2, 0.25) is 0 Å². The van der Waals surface area contributed by atoms with Crippen molar-refractivity contribution >= 4 is 15.6 Å². The first-order chi connectivity index (χ1) is 8.62. The molecule has 0 bridgehead atoms.